The summed E-state index contributed by atoms with van der Waals surface area (Å²) in [4.78, 5) is 26.0. The fourth-order valence-electron chi connectivity index (χ4n) is 2.67. The summed E-state index contributed by atoms with van der Waals surface area (Å²) in [5.74, 6) is -0.479. The molecule has 0 fully saturated rings. The molecule has 0 radical (unpaired) electrons. The van der Waals surface area contributed by atoms with E-state index in [1.807, 2.05) is 18.9 Å². The first-order chi connectivity index (χ1) is 12.9. The molecule has 2 amide bonds. The second-order valence-corrected chi connectivity index (χ2v) is 6.99. The summed E-state index contributed by atoms with van der Waals surface area (Å²) in [6, 6.07) is 13.7. The first-order valence-corrected chi connectivity index (χ1v) is 9.35. The number of benzene rings is 2. The Labute approximate surface area is 165 Å². The molecule has 0 spiro atoms. The number of likely N-dealkylation sites (N-methyl/N-ethyl adjacent to an activating group) is 1. The molecule has 2 rings (SSSR count). The Kier molecular flexibility index (Phi) is 7.82. The number of amides is 2. The molecule has 27 heavy (non-hydrogen) atoms. The van der Waals surface area contributed by atoms with E-state index in [2.05, 4.69) is 41.8 Å². The molecule has 0 aliphatic carbocycles. The molecule has 0 atom stereocenters. The SMILES string of the molecule is CCc1ccc(CN(C)CC(=O)NCC(=O)Nc2cccc(Cl)c2C)cc1. The van der Waals surface area contributed by atoms with Crippen LogP contribution in [0.5, 0.6) is 0 Å². The normalized spacial score (nSPS) is 10.7. The number of nitrogens with one attached hydrogen (secondary N) is 2. The highest BCUT2D eigenvalue weighted by Crippen LogP contribution is 2.22. The quantitative estimate of drug-likeness (QED) is 0.729. The van der Waals surface area contributed by atoms with E-state index in [-0.39, 0.29) is 24.9 Å². The van der Waals surface area contributed by atoms with Gasteiger partial charge >= 0.3 is 0 Å². The lowest BCUT2D eigenvalue weighted by atomic mass is 10.1. The van der Waals surface area contributed by atoms with Crippen molar-refractivity contribution in [3.63, 3.8) is 0 Å². The van der Waals surface area contributed by atoms with Gasteiger partial charge in [-0.2, -0.15) is 0 Å². The highest BCUT2D eigenvalue weighted by atomic mass is 35.5. The molecule has 0 unspecified atom stereocenters. The van der Waals surface area contributed by atoms with E-state index >= 15 is 0 Å². The van der Waals surface area contributed by atoms with Crippen molar-refractivity contribution in [2.24, 2.45) is 0 Å². The van der Waals surface area contributed by atoms with Gasteiger partial charge in [-0.1, -0.05) is 48.9 Å². The Bertz CT molecular complexity index is 791. The number of hydrogen-bond acceptors (Lipinski definition) is 3. The Hall–Kier alpha value is -2.37. The standard InChI is InChI=1S/C21H26ClN3O2/c1-4-16-8-10-17(11-9-16)13-25(3)14-21(27)23-12-20(26)24-19-7-5-6-18(22)15(19)2/h5-11H,4,12-14H2,1-3H3,(H,23,27)(H,24,26). The lowest BCUT2D eigenvalue weighted by molar-refractivity contribution is -0.124. The van der Waals surface area contributed by atoms with Crippen molar-refractivity contribution in [3.05, 3.63) is 64.2 Å². The summed E-state index contributed by atoms with van der Waals surface area (Å²) >= 11 is 6.04. The van der Waals surface area contributed by atoms with Crippen LogP contribution in [0.25, 0.3) is 0 Å². The van der Waals surface area contributed by atoms with Crippen LogP contribution in [0.1, 0.15) is 23.6 Å². The second kappa shape index (κ2) is 10.1. The van der Waals surface area contributed by atoms with Crippen molar-refractivity contribution in [1.82, 2.24) is 10.2 Å². The fraction of sp³-hybridized carbons (Fsp3) is 0.333. The van der Waals surface area contributed by atoms with Crippen molar-refractivity contribution < 1.29 is 9.59 Å². The average Bonchev–Trinajstić information content (AvgIpc) is 2.64. The maximum atomic E-state index is 12.1. The van der Waals surface area contributed by atoms with Gasteiger partial charge in [-0.15, -0.1) is 0 Å². The van der Waals surface area contributed by atoms with Crippen molar-refractivity contribution in [3.8, 4) is 0 Å². The van der Waals surface area contributed by atoms with Crippen LogP contribution in [0.15, 0.2) is 42.5 Å². The van der Waals surface area contributed by atoms with Gasteiger partial charge in [-0.3, -0.25) is 14.5 Å². The van der Waals surface area contributed by atoms with Gasteiger partial charge in [0.2, 0.25) is 11.8 Å². The van der Waals surface area contributed by atoms with Crippen LogP contribution in [0.3, 0.4) is 0 Å². The van der Waals surface area contributed by atoms with E-state index < -0.39 is 0 Å². The van der Waals surface area contributed by atoms with Crippen molar-refractivity contribution in [1.29, 1.82) is 0 Å². The van der Waals surface area contributed by atoms with E-state index in [0.29, 0.717) is 17.3 Å². The summed E-state index contributed by atoms with van der Waals surface area (Å²) in [6.45, 7) is 4.77. The maximum Gasteiger partial charge on any atom is 0.243 e. The molecule has 0 aliphatic heterocycles. The topological polar surface area (TPSA) is 61.4 Å². The first-order valence-electron chi connectivity index (χ1n) is 8.97. The van der Waals surface area contributed by atoms with Gasteiger partial charge in [0.25, 0.3) is 0 Å². The van der Waals surface area contributed by atoms with Crippen LogP contribution in [0, 0.1) is 6.92 Å². The van der Waals surface area contributed by atoms with Crippen molar-refractivity contribution in [2.45, 2.75) is 26.8 Å². The van der Waals surface area contributed by atoms with Gasteiger partial charge in [0.1, 0.15) is 0 Å². The smallest absolute Gasteiger partial charge is 0.243 e. The molecular weight excluding hydrogens is 362 g/mol. The predicted octanol–water partition coefficient (Wildman–Crippen LogP) is 3.40. The fourth-order valence-corrected chi connectivity index (χ4v) is 2.84. The third kappa shape index (κ3) is 6.70. The van der Waals surface area contributed by atoms with E-state index in [4.69, 9.17) is 11.6 Å². The molecule has 0 saturated carbocycles. The van der Waals surface area contributed by atoms with Crippen LogP contribution in [-0.2, 0) is 22.6 Å². The minimum Gasteiger partial charge on any atom is -0.346 e. The monoisotopic (exact) mass is 387 g/mol. The molecule has 2 N–H and O–H groups in total. The third-order valence-corrected chi connectivity index (χ3v) is 4.69. The number of rotatable bonds is 8. The zero-order chi connectivity index (χ0) is 19.8. The van der Waals surface area contributed by atoms with Crippen LogP contribution in [0.2, 0.25) is 5.02 Å². The number of aryl methyl sites for hydroxylation is 1. The molecule has 0 heterocycles. The van der Waals surface area contributed by atoms with Crippen LogP contribution in [0.4, 0.5) is 5.69 Å². The van der Waals surface area contributed by atoms with Gasteiger partial charge in [-0.05, 0) is 49.2 Å². The molecular formula is C21H26ClN3O2. The van der Waals surface area contributed by atoms with E-state index in [1.54, 1.807) is 18.2 Å². The number of hydrogen-bond donors (Lipinski definition) is 2. The molecule has 0 aromatic heterocycles. The molecule has 2 aromatic rings. The molecule has 144 valence electrons. The summed E-state index contributed by atoms with van der Waals surface area (Å²) in [7, 11) is 1.88. The Morgan fingerprint density at radius 3 is 2.37 bits per heavy atom. The third-order valence-electron chi connectivity index (χ3n) is 4.29. The second-order valence-electron chi connectivity index (χ2n) is 6.58. The van der Waals surface area contributed by atoms with Crippen LogP contribution < -0.4 is 10.6 Å². The molecule has 5 nitrogen and oxygen atoms in total. The largest absolute Gasteiger partial charge is 0.346 e. The zero-order valence-corrected chi connectivity index (χ0v) is 16.8. The number of halogens is 1. The maximum absolute atomic E-state index is 12.1. The molecule has 6 heteroatoms. The average molecular weight is 388 g/mol. The molecule has 0 bridgehead atoms. The summed E-state index contributed by atoms with van der Waals surface area (Å²) in [6.07, 6.45) is 1.01. The number of anilines is 1. The Balaban J connectivity index is 1.75. The minimum absolute atomic E-state index is 0.0795. The highest BCUT2D eigenvalue weighted by molar-refractivity contribution is 6.31. The van der Waals surface area contributed by atoms with Gasteiger partial charge in [0, 0.05) is 17.3 Å². The first kappa shape index (κ1) is 20.9. The molecule has 0 saturated heterocycles. The van der Waals surface area contributed by atoms with Crippen LogP contribution in [-0.4, -0.2) is 36.9 Å². The molecule has 0 aliphatic rings. The van der Waals surface area contributed by atoms with Crippen molar-refractivity contribution in [2.75, 3.05) is 25.5 Å². The summed E-state index contributed by atoms with van der Waals surface area (Å²) < 4.78 is 0. The Morgan fingerprint density at radius 1 is 1.04 bits per heavy atom. The van der Waals surface area contributed by atoms with E-state index in [1.165, 1.54) is 5.56 Å². The summed E-state index contributed by atoms with van der Waals surface area (Å²) in [5.41, 5.74) is 3.89. The summed E-state index contributed by atoms with van der Waals surface area (Å²) in [5, 5.41) is 5.99. The number of carbonyl (C=O) groups is 2. The van der Waals surface area contributed by atoms with E-state index in [9.17, 15) is 9.59 Å². The lowest BCUT2D eigenvalue weighted by Gasteiger charge is -2.16. The number of carbonyl (C=O) groups excluding carboxylic acids is 2. The van der Waals surface area contributed by atoms with Gasteiger partial charge in [0.05, 0.1) is 13.1 Å². The van der Waals surface area contributed by atoms with Gasteiger partial charge in [-0.25, -0.2) is 0 Å². The predicted molar refractivity (Wildman–Crippen MR) is 110 cm³/mol. The van der Waals surface area contributed by atoms with Gasteiger partial charge in [0.15, 0.2) is 0 Å². The van der Waals surface area contributed by atoms with Crippen LogP contribution >= 0.6 is 11.6 Å². The van der Waals surface area contributed by atoms with Crippen molar-refractivity contribution >= 4 is 29.1 Å². The van der Waals surface area contributed by atoms with E-state index in [0.717, 1.165) is 17.5 Å². The molecule has 2 aromatic carbocycles. The van der Waals surface area contributed by atoms with Gasteiger partial charge < -0.3 is 10.6 Å². The number of nitrogens with zero attached hydrogens (tertiary/aromatic N) is 1. The Morgan fingerprint density at radius 2 is 1.70 bits per heavy atom. The lowest BCUT2D eigenvalue weighted by Crippen LogP contribution is -2.39. The zero-order valence-electron chi connectivity index (χ0n) is 16.0. The minimum atomic E-state index is -0.286. The highest BCUT2D eigenvalue weighted by Gasteiger charge is 2.11.